The molecule has 5 nitrogen and oxygen atoms in total. The number of H-pyrrole nitrogens is 1. The maximum Gasteiger partial charge on any atom is 0.142 e. The molecule has 0 atom stereocenters. The Hall–Kier alpha value is -1.33. The Bertz CT molecular complexity index is 505. The molecule has 2 heterocycles. The number of nitrogens with two attached hydrogens (primary N) is 1. The molecular weight excluding hydrogens is 238 g/mol. The average molecular weight is 254 g/mol. The number of hydrogen-bond donors (Lipinski definition) is 2. The summed E-state index contributed by atoms with van der Waals surface area (Å²) in [6, 6.07) is 2.89. The molecule has 2 aromatic heterocycles. The Balaban J connectivity index is 0.00000108. The van der Waals surface area contributed by atoms with Gasteiger partial charge >= 0.3 is 0 Å². The fourth-order valence-electron chi connectivity index (χ4n) is 2.26. The molecule has 0 aliphatic heterocycles. The smallest absolute Gasteiger partial charge is 0.142 e. The summed E-state index contributed by atoms with van der Waals surface area (Å²) in [7, 11) is 2.07. The summed E-state index contributed by atoms with van der Waals surface area (Å²) in [6.07, 6.45) is 5.59. The third-order valence-electron chi connectivity index (χ3n) is 3.36. The number of hydrogen-bond acceptors (Lipinski definition) is 4. The van der Waals surface area contributed by atoms with E-state index in [4.69, 9.17) is 5.73 Å². The number of nitrogens with zero attached hydrogens (tertiary/aromatic N) is 3. The zero-order chi connectivity index (χ0) is 11.1. The largest absolute Gasteiger partial charge is 0.356 e. The lowest BCUT2D eigenvalue weighted by atomic mass is 9.86. The summed E-state index contributed by atoms with van der Waals surface area (Å²) in [6.45, 7) is 0. The molecule has 3 rings (SSSR count). The van der Waals surface area contributed by atoms with Crippen molar-refractivity contribution < 1.29 is 0 Å². The second-order valence-corrected chi connectivity index (χ2v) is 4.43. The summed E-state index contributed by atoms with van der Waals surface area (Å²) < 4.78 is 0. The van der Waals surface area contributed by atoms with Gasteiger partial charge in [0.2, 0.25) is 0 Å². The summed E-state index contributed by atoms with van der Waals surface area (Å²) in [5, 5.41) is 1.07. The van der Waals surface area contributed by atoms with Gasteiger partial charge in [-0.2, -0.15) is 0 Å². The topological polar surface area (TPSA) is 70.8 Å². The van der Waals surface area contributed by atoms with E-state index in [1.165, 1.54) is 0 Å². The molecule has 0 unspecified atom stereocenters. The number of nitrogens with one attached hydrogen (secondary N) is 1. The van der Waals surface area contributed by atoms with Gasteiger partial charge in [-0.05, 0) is 18.9 Å². The summed E-state index contributed by atoms with van der Waals surface area (Å²) in [5.41, 5.74) is 6.70. The maximum absolute atomic E-state index is 5.81. The minimum Gasteiger partial charge on any atom is -0.356 e. The molecule has 1 saturated carbocycles. The van der Waals surface area contributed by atoms with Crippen molar-refractivity contribution in [2.24, 2.45) is 5.73 Å². The van der Waals surface area contributed by atoms with Gasteiger partial charge in [0.25, 0.3) is 0 Å². The van der Waals surface area contributed by atoms with Crippen molar-refractivity contribution in [2.45, 2.75) is 24.9 Å². The summed E-state index contributed by atoms with van der Waals surface area (Å²) in [5.74, 6) is 0.989. The van der Waals surface area contributed by atoms with Gasteiger partial charge in [0.15, 0.2) is 0 Å². The zero-order valence-corrected chi connectivity index (χ0v) is 10.4. The van der Waals surface area contributed by atoms with E-state index in [9.17, 15) is 0 Å². The Morgan fingerprint density at radius 2 is 2.18 bits per heavy atom. The minimum absolute atomic E-state index is 0. The van der Waals surface area contributed by atoms with E-state index < -0.39 is 0 Å². The summed E-state index contributed by atoms with van der Waals surface area (Å²) in [4.78, 5) is 13.9. The van der Waals surface area contributed by atoms with Crippen molar-refractivity contribution in [3.05, 3.63) is 18.6 Å². The quantitative estimate of drug-likeness (QED) is 0.847. The normalized spacial score (nSPS) is 22.9. The lowest BCUT2D eigenvalue weighted by Crippen LogP contribution is -2.49. The molecule has 92 valence electrons. The Morgan fingerprint density at radius 3 is 2.88 bits per heavy atom. The van der Waals surface area contributed by atoms with E-state index in [2.05, 4.69) is 26.9 Å². The van der Waals surface area contributed by atoms with Gasteiger partial charge in [-0.15, -0.1) is 12.4 Å². The first kappa shape index (κ1) is 12.1. The van der Waals surface area contributed by atoms with Gasteiger partial charge in [0.05, 0.1) is 5.39 Å². The lowest BCUT2D eigenvalue weighted by Gasteiger charge is -2.40. The van der Waals surface area contributed by atoms with Crippen LogP contribution in [0.1, 0.15) is 12.8 Å². The lowest BCUT2D eigenvalue weighted by molar-refractivity contribution is 0.339. The third-order valence-corrected chi connectivity index (χ3v) is 3.36. The predicted molar refractivity (Wildman–Crippen MR) is 70.5 cm³/mol. The Labute approximate surface area is 106 Å². The van der Waals surface area contributed by atoms with E-state index in [0.717, 1.165) is 29.7 Å². The van der Waals surface area contributed by atoms with Crippen molar-refractivity contribution in [1.29, 1.82) is 0 Å². The summed E-state index contributed by atoms with van der Waals surface area (Å²) >= 11 is 0. The SMILES string of the molecule is CN(c1ncnc2[nH]ccc12)C1CC(N)C1.Cl. The number of aromatic amines is 1. The van der Waals surface area contributed by atoms with E-state index in [1.54, 1.807) is 6.33 Å². The van der Waals surface area contributed by atoms with Gasteiger partial charge in [-0.1, -0.05) is 0 Å². The van der Waals surface area contributed by atoms with Gasteiger partial charge in [-0.3, -0.25) is 0 Å². The van der Waals surface area contributed by atoms with E-state index >= 15 is 0 Å². The molecule has 0 aromatic carbocycles. The second-order valence-electron chi connectivity index (χ2n) is 4.43. The maximum atomic E-state index is 5.81. The number of rotatable bonds is 2. The molecule has 0 bridgehead atoms. The predicted octanol–water partition coefficient (Wildman–Crippen LogP) is 1.31. The fraction of sp³-hybridized carbons (Fsp3) is 0.455. The molecule has 0 radical (unpaired) electrons. The van der Waals surface area contributed by atoms with Gasteiger partial charge in [0, 0.05) is 25.3 Å². The first-order valence-electron chi connectivity index (χ1n) is 5.52. The molecule has 2 aromatic rings. The van der Waals surface area contributed by atoms with Gasteiger partial charge < -0.3 is 15.6 Å². The van der Waals surface area contributed by atoms with Crippen LogP contribution >= 0.6 is 12.4 Å². The third kappa shape index (κ3) is 1.96. The van der Waals surface area contributed by atoms with Crippen LogP contribution in [0.3, 0.4) is 0 Å². The van der Waals surface area contributed by atoms with E-state index in [0.29, 0.717) is 12.1 Å². The van der Waals surface area contributed by atoms with Crippen LogP contribution in [0.2, 0.25) is 0 Å². The van der Waals surface area contributed by atoms with Crippen molar-refractivity contribution in [1.82, 2.24) is 15.0 Å². The van der Waals surface area contributed by atoms with Crippen LogP contribution in [0.4, 0.5) is 5.82 Å². The monoisotopic (exact) mass is 253 g/mol. The molecule has 1 aliphatic rings. The van der Waals surface area contributed by atoms with Crippen LogP contribution in [0.15, 0.2) is 18.6 Å². The number of anilines is 1. The molecular formula is C11H16ClN5. The molecule has 17 heavy (non-hydrogen) atoms. The van der Waals surface area contributed by atoms with Crippen LogP contribution in [0, 0.1) is 0 Å². The number of halogens is 1. The Morgan fingerprint density at radius 1 is 1.41 bits per heavy atom. The first-order chi connectivity index (χ1) is 7.75. The van der Waals surface area contributed by atoms with Crippen LogP contribution in [-0.2, 0) is 0 Å². The fourth-order valence-corrected chi connectivity index (χ4v) is 2.26. The standard InChI is InChI=1S/C11H15N5.ClH/c1-16(8-4-7(12)5-8)11-9-2-3-13-10(9)14-6-15-11;/h2-3,6-8H,4-5,12H2,1H3,(H,13,14,15);1H. The molecule has 1 fully saturated rings. The van der Waals surface area contributed by atoms with Crippen molar-refractivity contribution in [3.63, 3.8) is 0 Å². The van der Waals surface area contributed by atoms with E-state index in [-0.39, 0.29) is 12.4 Å². The highest BCUT2D eigenvalue weighted by Crippen LogP contribution is 2.29. The molecule has 3 N–H and O–H groups in total. The van der Waals surface area contributed by atoms with Crippen molar-refractivity contribution >= 4 is 29.3 Å². The van der Waals surface area contributed by atoms with Crippen LogP contribution in [0.25, 0.3) is 11.0 Å². The van der Waals surface area contributed by atoms with Gasteiger partial charge in [0.1, 0.15) is 17.8 Å². The average Bonchev–Trinajstić information content (AvgIpc) is 2.71. The molecule has 0 spiro atoms. The highest BCUT2D eigenvalue weighted by Gasteiger charge is 2.30. The number of aromatic nitrogens is 3. The van der Waals surface area contributed by atoms with Crippen molar-refractivity contribution in [3.8, 4) is 0 Å². The van der Waals surface area contributed by atoms with Crippen LogP contribution in [-0.4, -0.2) is 34.1 Å². The molecule has 6 heteroatoms. The molecule has 0 amide bonds. The van der Waals surface area contributed by atoms with Crippen LogP contribution in [0.5, 0.6) is 0 Å². The molecule has 0 saturated heterocycles. The van der Waals surface area contributed by atoms with Gasteiger partial charge in [-0.25, -0.2) is 9.97 Å². The minimum atomic E-state index is 0. The first-order valence-corrected chi connectivity index (χ1v) is 5.52. The zero-order valence-electron chi connectivity index (χ0n) is 9.63. The highest BCUT2D eigenvalue weighted by atomic mass is 35.5. The number of fused-ring (bicyclic) bond motifs is 1. The molecule has 1 aliphatic carbocycles. The Kier molecular flexibility index (Phi) is 3.22. The van der Waals surface area contributed by atoms with Crippen LogP contribution < -0.4 is 10.6 Å². The second kappa shape index (κ2) is 4.50. The van der Waals surface area contributed by atoms with Crippen molar-refractivity contribution in [2.75, 3.05) is 11.9 Å². The van der Waals surface area contributed by atoms with E-state index in [1.807, 2.05) is 12.3 Å². The highest BCUT2D eigenvalue weighted by molar-refractivity contribution is 5.87.